The molecule has 0 spiro atoms. The van der Waals surface area contributed by atoms with Gasteiger partial charge in [-0.1, -0.05) is 44.2 Å². The van der Waals surface area contributed by atoms with E-state index in [1.165, 1.54) is 11.3 Å². The lowest BCUT2D eigenvalue weighted by Gasteiger charge is -2.14. The van der Waals surface area contributed by atoms with Crippen LogP contribution in [0.2, 0.25) is 0 Å². The van der Waals surface area contributed by atoms with Gasteiger partial charge in [0, 0.05) is 13.2 Å². The minimum absolute atomic E-state index is 0.579. The Bertz CT molecular complexity index is 503. The predicted molar refractivity (Wildman–Crippen MR) is 77.8 cm³/mol. The summed E-state index contributed by atoms with van der Waals surface area (Å²) in [6, 6.07) is 10.4. The van der Waals surface area contributed by atoms with Gasteiger partial charge in [-0.05, 0) is 18.4 Å². The van der Waals surface area contributed by atoms with Crippen molar-refractivity contribution in [2.45, 2.75) is 33.9 Å². The molecule has 1 aromatic heterocycles. The largest absolute Gasteiger partial charge is 0.374 e. The Morgan fingerprint density at radius 2 is 1.95 bits per heavy atom. The number of aromatic nitrogens is 2. The first-order chi connectivity index (χ1) is 9.22. The summed E-state index contributed by atoms with van der Waals surface area (Å²) in [7, 11) is 0. The second-order valence-corrected chi connectivity index (χ2v) is 5.07. The third kappa shape index (κ3) is 3.44. The van der Waals surface area contributed by atoms with Crippen LogP contribution in [0.15, 0.2) is 36.5 Å². The van der Waals surface area contributed by atoms with Gasteiger partial charge in [-0.25, -0.2) is 4.98 Å². The lowest BCUT2D eigenvalue weighted by molar-refractivity contribution is 0.125. The molecule has 19 heavy (non-hydrogen) atoms. The SMILES string of the molecule is CCOCc1ncc(-c2ccccc2)n1CC(C)C. The van der Waals surface area contributed by atoms with E-state index >= 15 is 0 Å². The van der Waals surface area contributed by atoms with Crippen LogP contribution in [-0.4, -0.2) is 16.2 Å². The van der Waals surface area contributed by atoms with Gasteiger partial charge in [-0.3, -0.25) is 0 Å². The van der Waals surface area contributed by atoms with Crippen molar-refractivity contribution in [3.8, 4) is 11.3 Å². The molecule has 1 heterocycles. The first kappa shape index (κ1) is 13.8. The normalized spacial score (nSPS) is 11.2. The molecule has 0 atom stereocenters. The third-order valence-electron chi connectivity index (χ3n) is 2.99. The van der Waals surface area contributed by atoms with Crippen molar-refractivity contribution in [3.63, 3.8) is 0 Å². The van der Waals surface area contributed by atoms with Crippen LogP contribution in [0.25, 0.3) is 11.3 Å². The van der Waals surface area contributed by atoms with Crippen LogP contribution < -0.4 is 0 Å². The molecule has 1 aromatic carbocycles. The Balaban J connectivity index is 2.35. The minimum atomic E-state index is 0.579. The van der Waals surface area contributed by atoms with Gasteiger partial charge >= 0.3 is 0 Å². The predicted octanol–water partition coefficient (Wildman–Crippen LogP) is 3.74. The summed E-state index contributed by atoms with van der Waals surface area (Å²) in [5.74, 6) is 1.59. The third-order valence-corrected chi connectivity index (χ3v) is 2.99. The molecule has 2 aromatic rings. The van der Waals surface area contributed by atoms with E-state index in [-0.39, 0.29) is 0 Å². The van der Waals surface area contributed by atoms with E-state index in [0.29, 0.717) is 12.5 Å². The van der Waals surface area contributed by atoms with Crippen molar-refractivity contribution in [1.29, 1.82) is 0 Å². The molecule has 0 saturated carbocycles. The molecule has 0 amide bonds. The van der Waals surface area contributed by atoms with E-state index in [2.05, 4.69) is 47.7 Å². The summed E-state index contributed by atoms with van der Waals surface area (Å²) < 4.78 is 7.78. The number of hydrogen-bond acceptors (Lipinski definition) is 2. The van der Waals surface area contributed by atoms with Gasteiger partial charge in [0.15, 0.2) is 0 Å². The molecular weight excluding hydrogens is 236 g/mol. The van der Waals surface area contributed by atoms with Crippen molar-refractivity contribution in [2.24, 2.45) is 5.92 Å². The van der Waals surface area contributed by atoms with Crippen molar-refractivity contribution in [3.05, 3.63) is 42.4 Å². The van der Waals surface area contributed by atoms with Crippen LogP contribution in [-0.2, 0) is 17.9 Å². The van der Waals surface area contributed by atoms with Gasteiger partial charge in [0.1, 0.15) is 12.4 Å². The summed E-state index contributed by atoms with van der Waals surface area (Å²) in [4.78, 5) is 4.52. The van der Waals surface area contributed by atoms with E-state index in [1.807, 2.05) is 19.2 Å². The van der Waals surface area contributed by atoms with Crippen molar-refractivity contribution < 1.29 is 4.74 Å². The van der Waals surface area contributed by atoms with Crippen LogP contribution in [0.5, 0.6) is 0 Å². The molecule has 2 rings (SSSR count). The van der Waals surface area contributed by atoms with Crippen LogP contribution in [0.4, 0.5) is 0 Å². The summed E-state index contributed by atoms with van der Waals surface area (Å²) in [5, 5.41) is 0. The van der Waals surface area contributed by atoms with E-state index in [9.17, 15) is 0 Å². The topological polar surface area (TPSA) is 27.1 Å². The lowest BCUT2D eigenvalue weighted by atomic mass is 10.1. The highest BCUT2D eigenvalue weighted by molar-refractivity contribution is 5.59. The van der Waals surface area contributed by atoms with Crippen molar-refractivity contribution in [2.75, 3.05) is 6.61 Å². The zero-order valence-corrected chi connectivity index (χ0v) is 12.0. The molecule has 0 radical (unpaired) electrons. The highest BCUT2D eigenvalue weighted by Gasteiger charge is 2.12. The number of ether oxygens (including phenoxy) is 1. The Morgan fingerprint density at radius 1 is 1.21 bits per heavy atom. The summed E-state index contributed by atoms with van der Waals surface area (Å²) in [5.41, 5.74) is 2.38. The highest BCUT2D eigenvalue weighted by Crippen LogP contribution is 2.22. The molecular formula is C16H22N2O. The molecule has 0 saturated heterocycles. The van der Waals surface area contributed by atoms with Gasteiger partial charge in [-0.2, -0.15) is 0 Å². The monoisotopic (exact) mass is 258 g/mol. The van der Waals surface area contributed by atoms with Gasteiger partial charge in [0.05, 0.1) is 11.9 Å². The maximum atomic E-state index is 5.51. The molecule has 0 fully saturated rings. The molecule has 3 heteroatoms. The van der Waals surface area contributed by atoms with Gasteiger partial charge in [0.2, 0.25) is 0 Å². The fourth-order valence-corrected chi connectivity index (χ4v) is 2.13. The quantitative estimate of drug-likeness (QED) is 0.789. The van der Waals surface area contributed by atoms with Crippen LogP contribution in [0, 0.1) is 5.92 Å². The molecule has 0 aliphatic rings. The second-order valence-electron chi connectivity index (χ2n) is 5.07. The standard InChI is InChI=1S/C16H22N2O/c1-4-19-12-16-17-10-15(18(16)11-13(2)3)14-8-6-5-7-9-14/h5-10,13H,4,11-12H2,1-3H3. The van der Waals surface area contributed by atoms with Crippen LogP contribution in [0.1, 0.15) is 26.6 Å². The molecule has 3 nitrogen and oxygen atoms in total. The first-order valence-electron chi connectivity index (χ1n) is 6.90. The maximum Gasteiger partial charge on any atom is 0.135 e. The first-order valence-corrected chi connectivity index (χ1v) is 6.90. The van der Waals surface area contributed by atoms with Crippen LogP contribution >= 0.6 is 0 Å². The molecule has 0 aliphatic carbocycles. The fourth-order valence-electron chi connectivity index (χ4n) is 2.13. The Labute approximate surface area is 115 Å². The summed E-state index contributed by atoms with van der Waals surface area (Å²) in [6.45, 7) is 8.71. The summed E-state index contributed by atoms with van der Waals surface area (Å²) >= 11 is 0. The number of imidazole rings is 1. The molecule has 0 unspecified atom stereocenters. The van der Waals surface area contributed by atoms with Crippen molar-refractivity contribution >= 4 is 0 Å². The Hall–Kier alpha value is -1.61. The molecule has 0 bridgehead atoms. The Morgan fingerprint density at radius 3 is 2.58 bits per heavy atom. The van der Waals surface area contributed by atoms with E-state index in [0.717, 1.165) is 19.0 Å². The maximum absolute atomic E-state index is 5.51. The average Bonchev–Trinajstić information content (AvgIpc) is 2.79. The van der Waals surface area contributed by atoms with Gasteiger partial charge in [-0.15, -0.1) is 0 Å². The van der Waals surface area contributed by atoms with Gasteiger partial charge < -0.3 is 9.30 Å². The highest BCUT2D eigenvalue weighted by atomic mass is 16.5. The lowest BCUT2D eigenvalue weighted by Crippen LogP contribution is -2.11. The molecule has 0 N–H and O–H groups in total. The number of benzene rings is 1. The number of nitrogens with zero attached hydrogens (tertiary/aromatic N) is 2. The van der Waals surface area contributed by atoms with Gasteiger partial charge in [0.25, 0.3) is 0 Å². The summed E-state index contributed by atoms with van der Waals surface area (Å²) in [6.07, 6.45) is 1.95. The van der Waals surface area contributed by atoms with E-state index in [1.54, 1.807) is 0 Å². The fraction of sp³-hybridized carbons (Fsp3) is 0.438. The van der Waals surface area contributed by atoms with Crippen LogP contribution in [0.3, 0.4) is 0 Å². The Kier molecular flexibility index (Phi) is 4.74. The van der Waals surface area contributed by atoms with E-state index < -0.39 is 0 Å². The second kappa shape index (κ2) is 6.53. The zero-order chi connectivity index (χ0) is 13.7. The average molecular weight is 258 g/mol. The number of hydrogen-bond donors (Lipinski definition) is 0. The smallest absolute Gasteiger partial charge is 0.135 e. The number of rotatable bonds is 6. The van der Waals surface area contributed by atoms with Crippen molar-refractivity contribution in [1.82, 2.24) is 9.55 Å². The van der Waals surface area contributed by atoms with E-state index in [4.69, 9.17) is 4.74 Å². The zero-order valence-electron chi connectivity index (χ0n) is 12.0. The minimum Gasteiger partial charge on any atom is -0.374 e. The molecule has 102 valence electrons. The molecule has 0 aliphatic heterocycles.